The molecule has 0 aliphatic heterocycles. The maximum Gasteiger partial charge on any atom is 0.435 e. The van der Waals surface area contributed by atoms with Gasteiger partial charge in [0.1, 0.15) is 6.04 Å². The lowest BCUT2D eigenvalue weighted by Gasteiger charge is -2.13. The van der Waals surface area contributed by atoms with Gasteiger partial charge in [0.05, 0.1) is 10.7 Å². The number of amides is 1. The van der Waals surface area contributed by atoms with Crippen LogP contribution in [0.3, 0.4) is 0 Å². The van der Waals surface area contributed by atoms with Gasteiger partial charge in [0, 0.05) is 25.0 Å². The quantitative estimate of drug-likeness (QED) is 0.786. The standard InChI is InChI=1S/C15H19ClF3N5O/c1-9-7-13(15(17,18)19)22-23(9)6-4-5-20-14(25)11(3)24-8-12(16)10(2)21-24/h7-8,11H,4-6H2,1-3H3,(H,20,25). The number of carbonyl (C=O) groups is 1. The van der Waals surface area contributed by atoms with Crippen LogP contribution in [0.2, 0.25) is 5.02 Å². The maximum atomic E-state index is 12.6. The number of halogens is 4. The van der Waals surface area contributed by atoms with Crippen molar-refractivity contribution in [2.75, 3.05) is 6.54 Å². The zero-order valence-electron chi connectivity index (χ0n) is 14.1. The Morgan fingerprint density at radius 3 is 2.56 bits per heavy atom. The van der Waals surface area contributed by atoms with Crippen LogP contribution in [0.25, 0.3) is 0 Å². The Morgan fingerprint density at radius 2 is 2.04 bits per heavy atom. The Morgan fingerprint density at radius 1 is 1.36 bits per heavy atom. The van der Waals surface area contributed by atoms with Crippen LogP contribution in [-0.2, 0) is 17.5 Å². The van der Waals surface area contributed by atoms with Crippen molar-refractivity contribution in [1.82, 2.24) is 24.9 Å². The predicted molar refractivity (Wildman–Crippen MR) is 86.3 cm³/mol. The molecule has 2 heterocycles. The fourth-order valence-corrected chi connectivity index (χ4v) is 2.38. The molecule has 0 fully saturated rings. The molecule has 1 amide bonds. The van der Waals surface area contributed by atoms with E-state index in [9.17, 15) is 18.0 Å². The van der Waals surface area contributed by atoms with Gasteiger partial charge in [0.25, 0.3) is 0 Å². The SMILES string of the molecule is Cc1nn(C(C)C(=O)NCCCn2nc(C(F)(F)F)cc2C)cc1Cl. The van der Waals surface area contributed by atoms with Crippen molar-refractivity contribution in [3.05, 3.63) is 34.4 Å². The van der Waals surface area contributed by atoms with Crippen molar-refractivity contribution >= 4 is 17.5 Å². The van der Waals surface area contributed by atoms with Gasteiger partial charge in [-0.05, 0) is 33.3 Å². The van der Waals surface area contributed by atoms with Crippen LogP contribution in [0, 0.1) is 13.8 Å². The molecule has 0 bridgehead atoms. The highest BCUT2D eigenvalue weighted by molar-refractivity contribution is 6.31. The van der Waals surface area contributed by atoms with Crippen molar-refractivity contribution in [2.45, 2.75) is 46.0 Å². The zero-order chi connectivity index (χ0) is 18.8. The van der Waals surface area contributed by atoms with E-state index in [2.05, 4.69) is 15.5 Å². The molecule has 0 aliphatic rings. The minimum absolute atomic E-state index is 0.243. The summed E-state index contributed by atoms with van der Waals surface area (Å²) >= 11 is 5.92. The number of aryl methyl sites for hydroxylation is 3. The fraction of sp³-hybridized carbons (Fsp3) is 0.533. The second kappa shape index (κ2) is 7.47. The van der Waals surface area contributed by atoms with Gasteiger partial charge in [-0.3, -0.25) is 14.2 Å². The molecule has 0 spiro atoms. The number of nitrogens with zero attached hydrogens (tertiary/aromatic N) is 4. The summed E-state index contributed by atoms with van der Waals surface area (Å²) < 4.78 is 40.6. The van der Waals surface area contributed by atoms with E-state index in [0.29, 0.717) is 29.4 Å². The topological polar surface area (TPSA) is 64.7 Å². The molecule has 10 heteroatoms. The number of rotatable bonds is 6. The van der Waals surface area contributed by atoms with Gasteiger partial charge in [-0.1, -0.05) is 11.6 Å². The van der Waals surface area contributed by atoms with Crippen molar-refractivity contribution in [3.63, 3.8) is 0 Å². The molecule has 2 aromatic rings. The predicted octanol–water partition coefficient (Wildman–Crippen LogP) is 3.14. The molecule has 1 unspecified atom stereocenters. The first-order valence-corrected chi connectivity index (χ1v) is 8.08. The first-order valence-electron chi connectivity index (χ1n) is 7.70. The molecule has 0 saturated heterocycles. The van der Waals surface area contributed by atoms with Gasteiger partial charge in [-0.15, -0.1) is 0 Å². The van der Waals surface area contributed by atoms with E-state index in [4.69, 9.17) is 11.6 Å². The van der Waals surface area contributed by atoms with Crippen LogP contribution in [0.5, 0.6) is 0 Å². The van der Waals surface area contributed by atoms with Crippen LogP contribution in [0.15, 0.2) is 12.3 Å². The second-order valence-electron chi connectivity index (χ2n) is 5.75. The van der Waals surface area contributed by atoms with Gasteiger partial charge in [-0.25, -0.2) is 0 Å². The average molecular weight is 378 g/mol. The van der Waals surface area contributed by atoms with Gasteiger partial charge in [-0.2, -0.15) is 23.4 Å². The van der Waals surface area contributed by atoms with Crippen molar-refractivity contribution in [2.24, 2.45) is 0 Å². The molecule has 2 rings (SSSR count). The molecular formula is C15H19ClF3N5O. The largest absolute Gasteiger partial charge is 0.435 e. The number of carbonyl (C=O) groups excluding carboxylic acids is 1. The molecule has 1 N–H and O–H groups in total. The summed E-state index contributed by atoms with van der Waals surface area (Å²) in [6, 6.07) is 0.472. The minimum atomic E-state index is -4.46. The Kier molecular flexibility index (Phi) is 5.76. The van der Waals surface area contributed by atoms with E-state index >= 15 is 0 Å². The molecule has 25 heavy (non-hydrogen) atoms. The van der Waals surface area contributed by atoms with Gasteiger partial charge in [0.15, 0.2) is 5.69 Å². The molecule has 6 nitrogen and oxygen atoms in total. The third-order valence-corrected chi connectivity index (χ3v) is 4.12. The number of alkyl halides is 3. The molecule has 138 valence electrons. The summed E-state index contributed by atoms with van der Waals surface area (Å²) in [5.74, 6) is -0.243. The number of hydrogen-bond donors (Lipinski definition) is 1. The molecule has 0 aromatic carbocycles. The number of hydrogen-bond acceptors (Lipinski definition) is 3. The Bertz CT molecular complexity index is 733. The Labute approximate surface area is 147 Å². The molecule has 0 radical (unpaired) electrons. The number of aromatic nitrogens is 4. The summed E-state index contributed by atoms with van der Waals surface area (Å²) in [4.78, 5) is 12.1. The summed E-state index contributed by atoms with van der Waals surface area (Å²) in [6.45, 7) is 5.59. The highest BCUT2D eigenvalue weighted by Crippen LogP contribution is 2.28. The smallest absolute Gasteiger partial charge is 0.354 e. The van der Waals surface area contributed by atoms with Gasteiger partial charge >= 0.3 is 6.18 Å². The van der Waals surface area contributed by atoms with Crippen LogP contribution < -0.4 is 5.32 Å². The summed E-state index contributed by atoms with van der Waals surface area (Å²) in [6.07, 6.45) is -2.42. The van der Waals surface area contributed by atoms with E-state index in [1.54, 1.807) is 27.0 Å². The fourth-order valence-electron chi connectivity index (χ4n) is 2.24. The summed E-state index contributed by atoms with van der Waals surface area (Å²) in [5.41, 5.74) is 0.151. The average Bonchev–Trinajstić information content (AvgIpc) is 3.06. The first kappa shape index (κ1) is 19.3. The molecule has 1 atom stereocenters. The maximum absolute atomic E-state index is 12.6. The molecule has 0 saturated carbocycles. The third-order valence-electron chi connectivity index (χ3n) is 3.75. The van der Waals surface area contributed by atoms with Crippen LogP contribution >= 0.6 is 11.6 Å². The molecule has 2 aromatic heterocycles. The van der Waals surface area contributed by atoms with Crippen LogP contribution in [0.4, 0.5) is 13.2 Å². The Balaban J connectivity index is 1.83. The zero-order valence-corrected chi connectivity index (χ0v) is 14.8. The van der Waals surface area contributed by atoms with Crippen LogP contribution in [-0.4, -0.2) is 32.0 Å². The monoisotopic (exact) mass is 377 g/mol. The normalized spacial score (nSPS) is 13.1. The third kappa shape index (κ3) is 4.75. The van der Waals surface area contributed by atoms with Crippen LogP contribution in [0.1, 0.15) is 36.5 Å². The summed E-state index contributed by atoms with van der Waals surface area (Å²) in [7, 11) is 0. The van der Waals surface area contributed by atoms with E-state index in [-0.39, 0.29) is 12.5 Å². The lowest BCUT2D eigenvalue weighted by molar-refractivity contribution is -0.141. The van der Waals surface area contributed by atoms with Gasteiger partial charge < -0.3 is 5.32 Å². The number of nitrogens with one attached hydrogen (secondary N) is 1. The van der Waals surface area contributed by atoms with Crippen molar-refractivity contribution in [3.8, 4) is 0 Å². The lowest BCUT2D eigenvalue weighted by atomic mass is 10.3. The van der Waals surface area contributed by atoms with E-state index in [1.807, 2.05) is 0 Å². The van der Waals surface area contributed by atoms with E-state index in [1.165, 1.54) is 9.36 Å². The second-order valence-corrected chi connectivity index (χ2v) is 6.16. The van der Waals surface area contributed by atoms with Crippen molar-refractivity contribution in [1.29, 1.82) is 0 Å². The summed E-state index contributed by atoms with van der Waals surface area (Å²) in [5, 5.41) is 10.9. The first-order chi connectivity index (χ1) is 11.6. The van der Waals surface area contributed by atoms with E-state index < -0.39 is 17.9 Å². The van der Waals surface area contributed by atoms with Crippen molar-refractivity contribution < 1.29 is 18.0 Å². The lowest BCUT2D eigenvalue weighted by Crippen LogP contribution is -2.32. The highest BCUT2D eigenvalue weighted by atomic mass is 35.5. The van der Waals surface area contributed by atoms with E-state index in [0.717, 1.165) is 6.07 Å². The minimum Gasteiger partial charge on any atom is -0.354 e. The Hall–Kier alpha value is -2.03. The van der Waals surface area contributed by atoms with Gasteiger partial charge in [0.2, 0.25) is 5.91 Å². The molecular weight excluding hydrogens is 359 g/mol. The molecule has 0 aliphatic carbocycles. The highest BCUT2D eigenvalue weighted by Gasteiger charge is 2.34.